The molecule has 1 amide bonds. The Labute approximate surface area is 208 Å². The Kier molecular flexibility index (Phi) is 6.22. The SMILES string of the molecule is CCOC(=O)c1cc2c(=O)n3ccccc3nc2n(Cc2ccco2)c1=NC(=O)c1ccccc1Cl. The number of halogens is 1. The minimum absolute atomic E-state index is 0.0329. The highest BCUT2D eigenvalue weighted by Crippen LogP contribution is 2.17. The zero-order valence-corrected chi connectivity index (χ0v) is 19.8. The molecular weight excluding hydrogens is 484 g/mol. The van der Waals surface area contributed by atoms with Gasteiger partial charge >= 0.3 is 5.97 Å². The van der Waals surface area contributed by atoms with E-state index < -0.39 is 17.4 Å². The first-order valence-electron chi connectivity index (χ1n) is 11.1. The van der Waals surface area contributed by atoms with Crippen molar-refractivity contribution >= 4 is 40.2 Å². The monoisotopic (exact) mass is 502 g/mol. The number of hydrogen-bond donors (Lipinski definition) is 0. The van der Waals surface area contributed by atoms with E-state index in [0.717, 1.165) is 0 Å². The van der Waals surface area contributed by atoms with E-state index >= 15 is 0 Å². The van der Waals surface area contributed by atoms with E-state index in [9.17, 15) is 14.4 Å². The molecule has 0 aliphatic carbocycles. The van der Waals surface area contributed by atoms with Crippen LogP contribution in [0.5, 0.6) is 0 Å². The summed E-state index contributed by atoms with van der Waals surface area (Å²) in [5.74, 6) is -0.911. The summed E-state index contributed by atoms with van der Waals surface area (Å²) in [4.78, 5) is 48.6. The highest BCUT2D eigenvalue weighted by Gasteiger charge is 2.21. The molecule has 5 rings (SSSR count). The number of carbonyl (C=O) groups excluding carboxylic acids is 2. The lowest BCUT2D eigenvalue weighted by Crippen LogP contribution is -2.33. The van der Waals surface area contributed by atoms with Crippen LogP contribution >= 0.6 is 11.6 Å². The molecule has 0 saturated carbocycles. The summed E-state index contributed by atoms with van der Waals surface area (Å²) in [6.07, 6.45) is 3.08. The molecule has 4 aromatic heterocycles. The van der Waals surface area contributed by atoms with Crippen LogP contribution < -0.4 is 11.0 Å². The average Bonchev–Trinajstić information content (AvgIpc) is 3.39. The molecule has 0 atom stereocenters. The zero-order chi connectivity index (χ0) is 25.2. The van der Waals surface area contributed by atoms with E-state index in [0.29, 0.717) is 11.4 Å². The first kappa shape index (κ1) is 23.3. The van der Waals surface area contributed by atoms with Gasteiger partial charge < -0.3 is 13.7 Å². The molecule has 0 fully saturated rings. The molecule has 0 N–H and O–H groups in total. The van der Waals surface area contributed by atoms with E-state index in [1.165, 1.54) is 27.4 Å². The van der Waals surface area contributed by atoms with Gasteiger partial charge in [0, 0.05) is 6.20 Å². The first-order chi connectivity index (χ1) is 17.5. The molecule has 36 heavy (non-hydrogen) atoms. The summed E-state index contributed by atoms with van der Waals surface area (Å²) in [7, 11) is 0. The maximum atomic E-state index is 13.4. The van der Waals surface area contributed by atoms with Gasteiger partial charge in [-0.25, -0.2) is 9.78 Å². The van der Waals surface area contributed by atoms with Crippen LogP contribution in [0.4, 0.5) is 0 Å². The minimum atomic E-state index is -0.740. The van der Waals surface area contributed by atoms with Gasteiger partial charge in [-0.3, -0.25) is 14.0 Å². The van der Waals surface area contributed by atoms with Gasteiger partial charge in [-0.05, 0) is 49.4 Å². The Morgan fingerprint density at radius 3 is 2.64 bits per heavy atom. The predicted octanol–water partition coefficient (Wildman–Crippen LogP) is 3.86. The maximum Gasteiger partial charge on any atom is 0.341 e. The summed E-state index contributed by atoms with van der Waals surface area (Å²) in [6, 6.07) is 16.4. The number of carbonyl (C=O) groups is 2. The van der Waals surface area contributed by atoms with Crippen LogP contribution in [0.2, 0.25) is 5.02 Å². The van der Waals surface area contributed by atoms with Crippen molar-refractivity contribution in [3.63, 3.8) is 0 Å². The Balaban J connectivity index is 1.91. The quantitative estimate of drug-likeness (QED) is 0.267. The first-order valence-corrected chi connectivity index (χ1v) is 11.4. The molecule has 0 spiro atoms. The maximum absolute atomic E-state index is 13.4. The van der Waals surface area contributed by atoms with Crippen molar-refractivity contribution in [3.8, 4) is 0 Å². The smallest absolute Gasteiger partial charge is 0.341 e. The number of pyridine rings is 2. The van der Waals surface area contributed by atoms with Crippen molar-refractivity contribution in [1.82, 2.24) is 14.0 Å². The van der Waals surface area contributed by atoms with E-state index in [-0.39, 0.29) is 45.8 Å². The number of furan rings is 1. The van der Waals surface area contributed by atoms with Crippen molar-refractivity contribution in [2.75, 3.05) is 6.61 Å². The number of nitrogens with zero attached hydrogens (tertiary/aromatic N) is 4. The van der Waals surface area contributed by atoms with Gasteiger partial charge in [0.15, 0.2) is 5.49 Å². The molecule has 0 saturated heterocycles. The van der Waals surface area contributed by atoms with Crippen molar-refractivity contribution in [2.45, 2.75) is 13.5 Å². The third kappa shape index (κ3) is 4.20. The summed E-state index contributed by atoms with van der Waals surface area (Å²) in [5.41, 5.74) is 0.279. The van der Waals surface area contributed by atoms with Crippen LogP contribution in [0.25, 0.3) is 16.7 Å². The molecular formula is C26H19ClN4O5. The average molecular weight is 503 g/mol. The van der Waals surface area contributed by atoms with Crippen LogP contribution in [0, 0.1) is 0 Å². The predicted molar refractivity (Wildman–Crippen MR) is 132 cm³/mol. The van der Waals surface area contributed by atoms with Gasteiger partial charge in [-0.15, -0.1) is 0 Å². The van der Waals surface area contributed by atoms with Crippen LogP contribution in [0.1, 0.15) is 33.4 Å². The number of amides is 1. The summed E-state index contributed by atoms with van der Waals surface area (Å²) in [5, 5.41) is 0.363. The number of fused-ring (bicyclic) bond motifs is 2. The van der Waals surface area contributed by atoms with Gasteiger partial charge in [-0.2, -0.15) is 4.99 Å². The Morgan fingerprint density at radius 1 is 1.08 bits per heavy atom. The summed E-state index contributed by atoms with van der Waals surface area (Å²) >= 11 is 6.22. The number of ether oxygens (including phenoxy) is 1. The fraction of sp³-hybridized carbons (Fsp3) is 0.115. The van der Waals surface area contributed by atoms with E-state index in [1.807, 2.05) is 0 Å². The lowest BCUT2D eigenvalue weighted by atomic mass is 10.2. The molecule has 180 valence electrons. The number of benzene rings is 1. The third-order valence-corrected chi connectivity index (χ3v) is 5.82. The lowest BCUT2D eigenvalue weighted by Gasteiger charge is -2.14. The molecule has 0 bridgehead atoms. The van der Waals surface area contributed by atoms with Gasteiger partial charge in [0.1, 0.15) is 22.6 Å². The van der Waals surface area contributed by atoms with E-state index in [2.05, 4.69) is 9.98 Å². The van der Waals surface area contributed by atoms with Crippen molar-refractivity contribution in [2.24, 2.45) is 4.99 Å². The van der Waals surface area contributed by atoms with Crippen LogP contribution in [0.15, 0.2) is 87.3 Å². The fourth-order valence-electron chi connectivity index (χ4n) is 3.86. The van der Waals surface area contributed by atoms with Crippen LogP contribution in [-0.4, -0.2) is 32.4 Å². The second kappa shape index (κ2) is 9.63. The van der Waals surface area contributed by atoms with Gasteiger partial charge in [-0.1, -0.05) is 29.8 Å². The second-order valence-corrected chi connectivity index (χ2v) is 8.15. The number of rotatable bonds is 5. The van der Waals surface area contributed by atoms with Gasteiger partial charge in [0.2, 0.25) is 0 Å². The van der Waals surface area contributed by atoms with E-state index in [4.69, 9.17) is 20.8 Å². The Morgan fingerprint density at radius 2 is 1.89 bits per heavy atom. The molecule has 4 heterocycles. The number of esters is 1. The molecule has 9 nitrogen and oxygen atoms in total. The summed E-state index contributed by atoms with van der Waals surface area (Å²) < 4.78 is 13.6. The Bertz CT molecular complexity index is 1750. The molecule has 0 unspecified atom stereocenters. The minimum Gasteiger partial charge on any atom is -0.467 e. The van der Waals surface area contributed by atoms with Crippen molar-refractivity contribution < 1.29 is 18.7 Å². The van der Waals surface area contributed by atoms with Crippen molar-refractivity contribution in [3.05, 3.63) is 111 Å². The largest absolute Gasteiger partial charge is 0.467 e. The van der Waals surface area contributed by atoms with E-state index in [1.54, 1.807) is 61.7 Å². The molecule has 0 radical (unpaired) electrons. The fourth-order valence-corrected chi connectivity index (χ4v) is 4.07. The molecule has 0 aliphatic rings. The van der Waals surface area contributed by atoms with Crippen LogP contribution in [-0.2, 0) is 11.3 Å². The van der Waals surface area contributed by atoms with Crippen LogP contribution in [0.3, 0.4) is 0 Å². The number of aromatic nitrogens is 3. The molecule has 1 aromatic carbocycles. The molecule has 5 aromatic rings. The third-order valence-electron chi connectivity index (χ3n) is 5.49. The number of hydrogen-bond acceptors (Lipinski definition) is 6. The standard InChI is InChI=1S/C26H19ClN4O5/c1-2-35-26(34)19-14-18-22(28-21-11-5-6-12-30(21)25(18)33)31(15-16-8-7-13-36-16)23(19)29-24(32)17-9-3-4-10-20(17)27/h3-14H,2,15H2,1H3. The molecule has 0 aliphatic heterocycles. The highest BCUT2D eigenvalue weighted by molar-refractivity contribution is 6.33. The second-order valence-electron chi connectivity index (χ2n) is 7.75. The summed E-state index contributed by atoms with van der Waals surface area (Å²) in [6.45, 7) is 1.79. The normalized spacial score (nSPS) is 11.8. The molecule has 10 heteroatoms. The van der Waals surface area contributed by atoms with Gasteiger partial charge in [0.25, 0.3) is 11.5 Å². The highest BCUT2D eigenvalue weighted by atomic mass is 35.5. The zero-order valence-electron chi connectivity index (χ0n) is 19.1. The Hall–Kier alpha value is -4.50. The lowest BCUT2D eigenvalue weighted by molar-refractivity contribution is 0.0523. The van der Waals surface area contributed by atoms with Crippen molar-refractivity contribution in [1.29, 1.82) is 0 Å². The van der Waals surface area contributed by atoms with Gasteiger partial charge in [0.05, 0.1) is 35.4 Å². The topological polar surface area (TPSA) is 108 Å².